The maximum Gasteiger partial charge on any atom is 0.178 e. The summed E-state index contributed by atoms with van der Waals surface area (Å²) < 4.78 is 25.3. The maximum atomic E-state index is 14.3. The van der Waals surface area contributed by atoms with Gasteiger partial charge in [-0.1, -0.05) is 18.2 Å². The van der Waals surface area contributed by atoms with Gasteiger partial charge in [0.25, 0.3) is 0 Å². The number of carbonyl (C=O) groups excluding carboxylic acids is 1. The molecule has 0 fully saturated rings. The van der Waals surface area contributed by atoms with Crippen molar-refractivity contribution >= 4 is 16.6 Å². The summed E-state index contributed by atoms with van der Waals surface area (Å²) in [6, 6.07) is 8.28. The largest absolute Gasteiger partial charge is 0.497 e. The van der Waals surface area contributed by atoms with Gasteiger partial charge in [-0.05, 0) is 35.7 Å². The van der Waals surface area contributed by atoms with Gasteiger partial charge in [-0.15, -0.1) is 0 Å². The van der Waals surface area contributed by atoms with Crippen molar-refractivity contribution in [3.05, 3.63) is 65.7 Å². The zero-order chi connectivity index (χ0) is 15.3. The second-order valence-electron chi connectivity index (χ2n) is 5.38. The Morgan fingerprint density at radius 3 is 2.91 bits per heavy atom. The molecule has 0 amide bonds. The summed E-state index contributed by atoms with van der Waals surface area (Å²) in [6.45, 7) is 0. The van der Waals surface area contributed by atoms with Crippen LogP contribution < -0.4 is 4.74 Å². The first-order valence-electron chi connectivity index (χ1n) is 7.05. The smallest absolute Gasteiger partial charge is 0.178 e. The van der Waals surface area contributed by atoms with Crippen LogP contribution in [0.3, 0.4) is 0 Å². The molecule has 1 aliphatic carbocycles. The van der Waals surface area contributed by atoms with Crippen molar-refractivity contribution in [3.8, 4) is 5.75 Å². The van der Waals surface area contributed by atoms with Crippen molar-refractivity contribution in [2.45, 2.75) is 6.10 Å². The first-order chi connectivity index (χ1) is 10.7. The lowest BCUT2D eigenvalue weighted by Gasteiger charge is -2.31. The Bertz CT molecular complexity index is 851. The summed E-state index contributed by atoms with van der Waals surface area (Å²) in [5.74, 6) is 0.00989. The first-order valence-corrected chi connectivity index (χ1v) is 7.05. The van der Waals surface area contributed by atoms with Crippen molar-refractivity contribution in [3.63, 3.8) is 0 Å². The normalized spacial score (nSPS) is 22.6. The number of ether oxygens (including phenoxy) is 2. The Labute approximate surface area is 126 Å². The molecule has 4 heteroatoms. The van der Waals surface area contributed by atoms with Gasteiger partial charge in [0.05, 0.1) is 18.6 Å². The summed E-state index contributed by atoms with van der Waals surface area (Å²) in [5, 5.41) is 1.02. The Kier molecular flexibility index (Phi) is 2.79. The third-order valence-electron chi connectivity index (χ3n) is 4.15. The van der Waals surface area contributed by atoms with Crippen LogP contribution in [0.1, 0.15) is 10.4 Å². The highest BCUT2D eigenvalue weighted by atomic mass is 19.1. The Hall–Kier alpha value is -2.62. The van der Waals surface area contributed by atoms with Gasteiger partial charge in [0.1, 0.15) is 23.4 Å². The lowest BCUT2D eigenvalue weighted by atomic mass is 9.84. The molecule has 2 aromatic rings. The van der Waals surface area contributed by atoms with Crippen LogP contribution in [0.25, 0.3) is 10.8 Å². The minimum atomic E-state index is -0.488. The van der Waals surface area contributed by atoms with Crippen LogP contribution in [0.5, 0.6) is 5.75 Å². The van der Waals surface area contributed by atoms with Crippen LogP contribution in [0.2, 0.25) is 0 Å². The molecule has 0 saturated heterocycles. The summed E-state index contributed by atoms with van der Waals surface area (Å²) in [5.41, 5.74) is 0.318. The maximum absolute atomic E-state index is 14.3. The molecule has 0 spiro atoms. The lowest BCUT2D eigenvalue weighted by Crippen LogP contribution is -2.37. The molecule has 22 heavy (non-hydrogen) atoms. The molecule has 0 N–H and O–H groups in total. The predicted molar refractivity (Wildman–Crippen MR) is 80.4 cm³/mol. The molecule has 4 rings (SSSR count). The molecule has 3 nitrogen and oxygen atoms in total. The number of ketones is 1. The molecule has 2 atom stereocenters. The Balaban J connectivity index is 1.95. The molecule has 110 valence electrons. The zero-order valence-corrected chi connectivity index (χ0v) is 11.9. The van der Waals surface area contributed by atoms with Crippen molar-refractivity contribution in [1.82, 2.24) is 0 Å². The number of allylic oxidation sites excluding steroid dienone is 1. The fraction of sp³-hybridized carbons (Fsp3) is 0.167. The molecule has 0 bridgehead atoms. The third kappa shape index (κ3) is 1.77. The molecule has 0 aromatic heterocycles. The molecule has 0 saturated carbocycles. The molecule has 2 unspecified atom stereocenters. The number of rotatable bonds is 1. The zero-order valence-electron chi connectivity index (χ0n) is 11.9. The SMILES string of the molecule is COC1=CC2C(=O)c3c(ccc4cccc(F)c34)OC2C=C1. The summed E-state index contributed by atoms with van der Waals surface area (Å²) in [6.07, 6.45) is 4.94. The first kappa shape index (κ1) is 13.1. The summed E-state index contributed by atoms with van der Waals surface area (Å²) in [7, 11) is 1.55. The highest BCUT2D eigenvalue weighted by Crippen LogP contribution is 2.39. The fourth-order valence-corrected chi connectivity index (χ4v) is 3.08. The quantitative estimate of drug-likeness (QED) is 0.806. The van der Waals surface area contributed by atoms with Gasteiger partial charge in [-0.3, -0.25) is 4.79 Å². The van der Waals surface area contributed by atoms with E-state index in [1.54, 1.807) is 49.6 Å². The van der Waals surface area contributed by atoms with Crippen molar-refractivity contribution < 1.29 is 18.7 Å². The van der Waals surface area contributed by atoms with E-state index in [2.05, 4.69) is 0 Å². The fourth-order valence-electron chi connectivity index (χ4n) is 3.08. The third-order valence-corrected chi connectivity index (χ3v) is 4.15. The van der Waals surface area contributed by atoms with Crippen LogP contribution in [0.4, 0.5) is 4.39 Å². The number of fused-ring (bicyclic) bond motifs is 4. The van der Waals surface area contributed by atoms with Gasteiger partial charge in [0.2, 0.25) is 0 Å². The van der Waals surface area contributed by atoms with Crippen molar-refractivity contribution in [2.24, 2.45) is 5.92 Å². The van der Waals surface area contributed by atoms with E-state index >= 15 is 0 Å². The number of carbonyl (C=O) groups is 1. The number of hydrogen-bond acceptors (Lipinski definition) is 3. The highest BCUT2D eigenvalue weighted by molar-refractivity contribution is 6.13. The molecule has 0 radical (unpaired) electrons. The monoisotopic (exact) mass is 296 g/mol. The Morgan fingerprint density at radius 1 is 1.23 bits per heavy atom. The average Bonchev–Trinajstić information content (AvgIpc) is 2.55. The number of methoxy groups -OCH3 is 1. The molecule has 1 aliphatic heterocycles. The van der Waals surface area contributed by atoms with Crippen LogP contribution in [0.15, 0.2) is 54.3 Å². The van der Waals surface area contributed by atoms with Crippen molar-refractivity contribution in [1.29, 1.82) is 0 Å². The number of hydrogen-bond donors (Lipinski definition) is 0. The molecule has 2 aromatic carbocycles. The predicted octanol–water partition coefficient (Wildman–Crippen LogP) is 3.64. The van der Waals surface area contributed by atoms with E-state index in [0.29, 0.717) is 27.8 Å². The van der Waals surface area contributed by atoms with Crippen LogP contribution in [-0.4, -0.2) is 19.0 Å². The topological polar surface area (TPSA) is 35.5 Å². The van der Waals surface area contributed by atoms with E-state index in [4.69, 9.17) is 9.47 Å². The van der Waals surface area contributed by atoms with Gasteiger partial charge in [-0.2, -0.15) is 0 Å². The van der Waals surface area contributed by atoms with E-state index in [-0.39, 0.29) is 11.9 Å². The van der Waals surface area contributed by atoms with Gasteiger partial charge in [-0.25, -0.2) is 4.39 Å². The highest BCUT2D eigenvalue weighted by Gasteiger charge is 2.38. The van der Waals surface area contributed by atoms with Gasteiger partial charge < -0.3 is 9.47 Å². The molecular formula is C18H13FO3. The van der Waals surface area contributed by atoms with Gasteiger partial charge in [0, 0.05) is 5.39 Å². The Morgan fingerprint density at radius 2 is 2.09 bits per heavy atom. The number of benzene rings is 2. The lowest BCUT2D eigenvalue weighted by molar-refractivity contribution is 0.0800. The molecular weight excluding hydrogens is 283 g/mol. The van der Waals surface area contributed by atoms with E-state index in [9.17, 15) is 9.18 Å². The van der Waals surface area contributed by atoms with Gasteiger partial charge in [0.15, 0.2) is 5.78 Å². The van der Waals surface area contributed by atoms with E-state index in [1.807, 2.05) is 0 Å². The molecule has 2 aliphatic rings. The number of Topliss-reactive ketones (excluding diaryl/α,β-unsaturated/α-hetero) is 1. The number of halogens is 1. The minimum absolute atomic E-state index is 0.138. The van der Waals surface area contributed by atoms with E-state index < -0.39 is 11.7 Å². The summed E-state index contributed by atoms with van der Waals surface area (Å²) >= 11 is 0. The van der Waals surface area contributed by atoms with Gasteiger partial charge >= 0.3 is 0 Å². The minimum Gasteiger partial charge on any atom is -0.497 e. The molecule has 1 heterocycles. The average molecular weight is 296 g/mol. The standard InChI is InChI=1S/C18H13FO3/c1-21-11-6-8-14-12(9-11)18(20)17-15(22-14)7-5-10-3-2-4-13(19)16(10)17/h2-9,12,14H,1H3. The van der Waals surface area contributed by atoms with Crippen molar-refractivity contribution in [2.75, 3.05) is 7.11 Å². The van der Waals surface area contributed by atoms with Crippen LogP contribution in [-0.2, 0) is 4.74 Å². The summed E-state index contributed by atoms with van der Waals surface area (Å²) in [4.78, 5) is 12.9. The van der Waals surface area contributed by atoms with E-state index in [1.165, 1.54) is 6.07 Å². The van der Waals surface area contributed by atoms with Crippen LogP contribution in [0, 0.1) is 11.7 Å². The second-order valence-corrected chi connectivity index (χ2v) is 5.38. The van der Waals surface area contributed by atoms with Crippen LogP contribution >= 0.6 is 0 Å². The second kappa shape index (κ2) is 4.70. The van der Waals surface area contributed by atoms with E-state index in [0.717, 1.165) is 0 Å².